The van der Waals surface area contributed by atoms with Gasteiger partial charge in [-0.1, -0.05) is 0 Å². The van der Waals surface area contributed by atoms with Gasteiger partial charge in [-0.15, -0.1) is 0 Å². The van der Waals surface area contributed by atoms with Gasteiger partial charge < -0.3 is 15.2 Å². The van der Waals surface area contributed by atoms with E-state index in [1.807, 2.05) is 12.1 Å². The molecule has 0 amide bonds. The Balaban J connectivity index is 1.95. The third kappa shape index (κ3) is 3.98. The Labute approximate surface area is 131 Å². The van der Waals surface area contributed by atoms with Gasteiger partial charge in [0, 0.05) is 12.6 Å². The molecule has 2 N–H and O–H groups in total. The zero-order valence-corrected chi connectivity index (χ0v) is 13.9. The van der Waals surface area contributed by atoms with Crippen molar-refractivity contribution in [3.63, 3.8) is 0 Å². The SMILES string of the molecule is COc1cc(CNC(C)Cc2ccsc2)cc(Br)c1O. The van der Waals surface area contributed by atoms with Gasteiger partial charge in [-0.2, -0.15) is 11.3 Å². The van der Waals surface area contributed by atoms with Crippen molar-refractivity contribution in [1.29, 1.82) is 0 Å². The van der Waals surface area contributed by atoms with Gasteiger partial charge in [0.1, 0.15) is 0 Å². The number of rotatable bonds is 6. The molecule has 5 heteroatoms. The molecule has 0 aliphatic heterocycles. The Kier molecular flexibility index (Phi) is 5.46. The largest absolute Gasteiger partial charge is 0.503 e. The van der Waals surface area contributed by atoms with Gasteiger partial charge in [-0.25, -0.2) is 0 Å². The minimum atomic E-state index is 0.141. The van der Waals surface area contributed by atoms with Crippen molar-refractivity contribution < 1.29 is 9.84 Å². The molecule has 0 aliphatic carbocycles. The topological polar surface area (TPSA) is 41.5 Å². The van der Waals surface area contributed by atoms with E-state index in [2.05, 4.69) is 45.0 Å². The Bertz CT molecular complexity index is 557. The molecule has 0 fully saturated rings. The van der Waals surface area contributed by atoms with Crippen molar-refractivity contribution >= 4 is 27.3 Å². The first kappa shape index (κ1) is 15.4. The number of methoxy groups -OCH3 is 1. The number of hydrogen-bond acceptors (Lipinski definition) is 4. The van der Waals surface area contributed by atoms with Crippen molar-refractivity contribution in [2.75, 3.05) is 7.11 Å². The fourth-order valence-corrected chi connectivity index (χ4v) is 3.18. The number of nitrogens with one attached hydrogen (secondary N) is 1. The van der Waals surface area contributed by atoms with Gasteiger partial charge in [-0.05, 0) is 69.4 Å². The molecular formula is C15H18BrNO2S. The highest BCUT2D eigenvalue weighted by atomic mass is 79.9. The highest BCUT2D eigenvalue weighted by molar-refractivity contribution is 9.10. The lowest BCUT2D eigenvalue weighted by molar-refractivity contribution is 0.371. The van der Waals surface area contributed by atoms with Crippen LogP contribution in [-0.2, 0) is 13.0 Å². The van der Waals surface area contributed by atoms with E-state index >= 15 is 0 Å². The van der Waals surface area contributed by atoms with E-state index < -0.39 is 0 Å². The van der Waals surface area contributed by atoms with Gasteiger partial charge >= 0.3 is 0 Å². The molecule has 1 aromatic carbocycles. The van der Waals surface area contributed by atoms with E-state index in [0.717, 1.165) is 18.5 Å². The van der Waals surface area contributed by atoms with Crippen molar-refractivity contribution in [1.82, 2.24) is 5.32 Å². The predicted octanol–water partition coefficient (Wildman–Crippen LogP) is 3.95. The van der Waals surface area contributed by atoms with Crippen LogP contribution in [-0.4, -0.2) is 18.3 Å². The maximum Gasteiger partial charge on any atom is 0.172 e. The zero-order chi connectivity index (χ0) is 14.5. The van der Waals surface area contributed by atoms with Crippen molar-refractivity contribution in [3.05, 3.63) is 44.6 Å². The molecule has 1 atom stereocenters. The summed E-state index contributed by atoms with van der Waals surface area (Å²) in [5.74, 6) is 0.629. The molecule has 0 saturated carbocycles. The first-order valence-electron chi connectivity index (χ1n) is 6.40. The molecule has 3 nitrogen and oxygen atoms in total. The Morgan fingerprint density at radius 2 is 2.20 bits per heavy atom. The van der Waals surface area contributed by atoms with Crippen LogP contribution in [0.2, 0.25) is 0 Å². The van der Waals surface area contributed by atoms with Crippen LogP contribution in [0.5, 0.6) is 11.5 Å². The number of ether oxygens (including phenoxy) is 1. The number of phenolic OH excluding ortho intramolecular Hbond substituents is 1. The summed E-state index contributed by atoms with van der Waals surface area (Å²) in [6, 6.07) is 6.30. The van der Waals surface area contributed by atoms with E-state index in [1.165, 1.54) is 5.56 Å². The van der Waals surface area contributed by atoms with Crippen molar-refractivity contribution in [2.45, 2.75) is 25.9 Å². The molecular weight excluding hydrogens is 338 g/mol. The Hall–Kier alpha value is -1.04. The number of benzene rings is 1. The van der Waals surface area contributed by atoms with Gasteiger partial charge in [0.15, 0.2) is 11.5 Å². The minimum Gasteiger partial charge on any atom is -0.503 e. The van der Waals surface area contributed by atoms with E-state index in [1.54, 1.807) is 18.4 Å². The average Bonchev–Trinajstić information content (AvgIpc) is 2.92. The highest BCUT2D eigenvalue weighted by Gasteiger charge is 2.09. The van der Waals surface area contributed by atoms with Crippen LogP contribution in [0.1, 0.15) is 18.1 Å². The third-order valence-corrected chi connectivity index (χ3v) is 4.42. The maximum atomic E-state index is 9.78. The molecule has 0 radical (unpaired) electrons. The molecule has 0 aliphatic rings. The second-order valence-corrected chi connectivity index (χ2v) is 6.38. The summed E-state index contributed by atoms with van der Waals surface area (Å²) in [4.78, 5) is 0. The Morgan fingerprint density at radius 3 is 2.85 bits per heavy atom. The quantitative estimate of drug-likeness (QED) is 0.824. The van der Waals surface area contributed by atoms with Crippen molar-refractivity contribution in [3.8, 4) is 11.5 Å². The maximum absolute atomic E-state index is 9.78. The molecule has 1 unspecified atom stereocenters. The summed E-state index contributed by atoms with van der Waals surface area (Å²) >= 11 is 5.06. The lowest BCUT2D eigenvalue weighted by Crippen LogP contribution is -2.27. The summed E-state index contributed by atoms with van der Waals surface area (Å²) in [6.07, 6.45) is 1.01. The molecule has 2 aromatic rings. The molecule has 2 rings (SSSR count). The number of phenols is 1. The standard InChI is InChI=1S/C15H18BrNO2S/c1-10(5-11-3-4-20-9-11)17-8-12-6-13(16)15(18)14(7-12)19-2/h3-4,6-7,9-10,17-18H,5,8H2,1-2H3. The van der Waals surface area contributed by atoms with Crippen LogP contribution < -0.4 is 10.1 Å². The molecule has 0 bridgehead atoms. The smallest absolute Gasteiger partial charge is 0.172 e. The Morgan fingerprint density at radius 1 is 1.40 bits per heavy atom. The van der Waals surface area contributed by atoms with Crippen LogP contribution in [0.15, 0.2) is 33.4 Å². The zero-order valence-electron chi connectivity index (χ0n) is 11.5. The fraction of sp³-hybridized carbons (Fsp3) is 0.333. The fourth-order valence-electron chi connectivity index (χ4n) is 2.01. The van der Waals surface area contributed by atoms with Crippen LogP contribution in [0, 0.1) is 0 Å². The van der Waals surface area contributed by atoms with Crippen molar-refractivity contribution in [2.24, 2.45) is 0 Å². The molecule has 108 valence electrons. The predicted molar refractivity (Wildman–Crippen MR) is 86.7 cm³/mol. The molecule has 1 heterocycles. The molecule has 1 aromatic heterocycles. The van der Waals surface area contributed by atoms with Gasteiger partial charge in [0.2, 0.25) is 0 Å². The van der Waals surface area contributed by atoms with Crippen LogP contribution in [0.3, 0.4) is 0 Å². The van der Waals surface area contributed by atoms with E-state index in [9.17, 15) is 5.11 Å². The molecule has 0 spiro atoms. The minimum absolute atomic E-state index is 0.141. The first-order valence-corrected chi connectivity index (χ1v) is 8.13. The third-order valence-electron chi connectivity index (χ3n) is 3.08. The summed E-state index contributed by atoms with van der Waals surface area (Å²) in [5, 5.41) is 17.5. The molecule has 0 saturated heterocycles. The lowest BCUT2D eigenvalue weighted by atomic mass is 10.1. The summed E-state index contributed by atoms with van der Waals surface area (Å²) in [6.45, 7) is 2.91. The second kappa shape index (κ2) is 7.11. The number of thiophene rings is 1. The lowest BCUT2D eigenvalue weighted by Gasteiger charge is -2.14. The second-order valence-electron chi connectivity index (χ2n) is 4.75. The van der Waals surface area contributed by atoms with Gasteiger partial charge in [-0.3, -0.25) is 0 Å². The number of aromatic hydroxyl groups is 1. The summed E-state index contributed by atoms with van der Waals surface area (Å²) in [7, 11) is 1.55. The highest BCUT2D eigenvalue weighted by Crippen LogP contribution is 2.35. The first-order chi connectivity index (χ1) is 9.60. The number of hydrogen-bond donors (Lipinski definition) is 2. The van der Waals surface area contributed by atoms with Crippen LogP contribution >= 0.6 is 27.3 Å². The molecule has 20 heavy (non-hydrogen) atoms. The summed E-state index contributed by atoms with van der Waals surface area (Å²) in [5.41, 5.74) is 2.43. The average molecular weight is 356 g/mol. The normalized spacial score (nSPS) is 12.3. The van der Waals surface area contributed by atoms with E-state index in [4.69, 9.17) is 4.74 Å². The van der Waals surface area contributed by atoms with E-state index in [-0.39, 0.29) is 5.75 Å². The monoisotopic (exact) mass is 355 g/mol. The summed E-state index contributed by atoms with van der Waals surface area (Å²) < 4.78 is 5.80. The van der Waals surface area contributed by atoms with Gasteiger partial charge in [0.25, 0.3) is 0 Å². The van der Waals surface area contributed by atoms with Crippen LogP contribution in [0.25, 0.3) is 0 Å². The van der Waals surface area contributed by atoms with Crippen LogP contribution in [0.4, 0.5) is 0 Å². The van der Waals surface area contributed by atoms with Gasteiger partial charge in [0.05, 0.1) is 11.6 Å². The van der Waals surface area contributed by atoms with E-state index in [0.29, 0.717) is 16.3 Å². The number of halogens is 1.